The van der Waals surface area contributed by atoms with Gasteiger partial charge in [0.1, 0.15) is 0 Å². The number of halogens is 1. The molecule has 1 fully saturated rings. The third-order valence-electron chi connectivity index (χ3n) is 2.72. The van der Waals surface area contributed by atoms with Crippen molar-refractivity contribution >= 4 is 21.6 Å². The van der Waals surface area contributed by atoms with Crippen LogP contribution < -0.4 is 10.6 Å². The Morgan fingerprint density at radius 1 is 1.53 bits per heavy atom. The van der Waals surface area contributed by atoms with Crippen LogP contribution in [0.15, 0.2) is 22.9 Å². The summed E-state index contributed by atoms with van der Waals surface area (Å²) in [5.74, 6) is 0. The van der Waals surface area contributed by atoms with Crippen molar-refractivity contribution in [1.29, 1.82) is 0 Å². The van der Waals surface area contributed by atoms with E-state index in [1.165, 1.54) is 19.3 Å². The molecule has 0 aromatic carbocycles. The Morgan fingerprint density at radius 3 is 3.20 bits per heavy atom. The van der Waals surface area contributed by atoms with Gasteiger partial charge in [-0.25, -0.2) is 0 Å². The number of hydrogen-bond acceptors (Lipinski definition) is 3. The number of anilines is 1. The van der Waals surface area contributed by atoms with Gasteiger partial charge in [-0.2, -0.15) is 0 Å². The molecule has 1 atom stereocenters. The van der Waals surface area contributed by atoms with E-state index in [4.69, 9.17) is 0 Å². The first-order valence-electron chi connectivity index (χ1n) is 5.43. The number of hydrogen-bond donors (Lipinski definition) is 2. The van der Waals surface area contributed by atoms with E-state index in [-0.39, 0.29) is 0 Å². The molecule has 0 aliphatic carbocycles. The highest BCUT2D eigenvalue weighted by Gasteiger charge is 2.12. The zero-order valence-electron chi connectivity index (χ0n) is 8.67. The molecule has 0 radical (unpaired) electrons. The molecule has 0 saturated carbocycles. The number of nitrogens with one attached hydrogen (secondary N) is 2. The van der Waals surface area contributed by atoms with Crippen LogP contribution in [0.25, 0.3) is 0 Å². The summed E-state index contributed by atoms with van der Waals surface area (Å²) in [6, 6.07) is 2.60. The number of pyridine rings is 1. The zero-order chi connectivity index (χ0) is 10.5. The van der Waals surface area contributed by atoms with Gasteiger partial charge < -0.3 is 10.6 Å². The fourth-order valence-electron chi connectivity index (χ4n) is 1.85. The Bertz CT molecular complexity index is 310. The molecular formula is C11H16BrN3. The molecule has 2 heterocycles. The lowest BCUT2D eigenvalue weighted by Crippen LogP contribution is -2.39. The monoisotopic (exact) mass is 269 g/mol. The van der Waals surface area contributed by atoms with Crippen LogP contribution in [0.4, 0.5) is 5.69 Å². The van der Waals surface area contributed by atoms with E-state index in [0.29, 0.717) is 6.04 Å². The van der Waals surface area contributed by atoms with Crippen molar-refractivity contribution < 1.29 is 0 Å². The van der Waals surface area contributed by atoms with Crippen molar-refractivity contribution in [2.24, 2.45) is 0 Å². The van der Waals surface area contributed by atoms with Crippen molar-refractivity contribution in [3.05, 3.63) is 22.9 Å². The van der Waals surface area contributed by atoms with Gasteiger partial charge in [0.2, 0.25) is 0 Å². The highest BCUT2D eigenvalue weighted by atomic mass is 79.9. The summed E-state index contributed by atoms with van der Waals surface area (Å²) < 4.78 is 1.03. The third-order valence-corrected chi connectivity index (χ3v) is 3.36. The molecule has 0 spiro atoms. The normalized spacial score (nSPS) is 21.3. The largest absolute Gasteiger partial charge is 0.382 e. The van der Waals surface area contributed by atoms with Crippen molar-refractivity contribution in [3.8, 4) is 0 Å². The van der Waals surface area contributed by atoms with Crippen LogP contribution in [0.5, 0.6) is 0 Å². The fraction of sp³-hybridized carbons (Fsp3) is 0.545. The first-order chi connectivity index (χ1) is 7.36. The standard InChI is InChI=1S/C11H16BrN3/c12-10-8-13-6-4-11(10)15-7-9-3-1-2-5-14-9/h4,6,8-9,14H,1-3,5,7H2,(H,13,15). The minimum atomic E-state index is 0.610. The summed E-state index contributed by atoms with van der Waals surface area (Å²) in [5.41, 5.74) is 1.12. The highest BCUT2D eigenvalue weighted by molar-refractivity contribution is 9.10. The molecule has 82 valence electrons. The zero-order valence-corrected chi connectivity index (χ0v) is 10.3. The lowest BCUT2D eigenvalue weighted by molar-refractivity contribution is 0.414. The maximum absolute atomic E-state index is 4.04. The summed E-state index contributed by atoms with van der Waals surface area (Å²) >= 11 is 3.48. The van der Waals surface area contributed by atoms with Crippen LogP contribution in [-0.2, 0) is 0 Å². The molecule has 3 nitrogen and oxygen atoms in total. The Hall–Kier alpha value is -0.610. The van der Waals surface area contributed by atoms with Crippen LogP contribution in [0.2, 0.25) is 0 Å². The quantitative estimate of drug-likeness (QED) is 0.885. The SMILES string of the molecule is Brc1cnccc1NCC1CCCCN1. The van der Waals surface area contributed by atoms with Gasteiger partial charge in [0, 0.05) is 25.0 Å². The maximum atomic E-state index is 4.04. The predicted octanol–water partition coefficient (Wildman–Crippen LogP) is 2.40. The summed E-state index contributed by atoms with van der Waals surface area (Å²) in [4.78, 5) is 4.04. The second-order valence-electron chi connectivity index (χ2n) is 3.88. The Labute approximate surface area is 98.8 Å². The Balaban J connectivity index is 1.84. The number of aromatic nitrogens is 1. The van der Waals surface area contributed by atoms with E-state index in [0.717, 1.165) is 23.2 Å². The van der Waals surface area contributed by atoms with E-state index in [1.807, 2.05) is 12.3 Å². The third kappa shape index (κ3) is 3.18. The lowest BCUT2D eigenvalue weighted by atomic mass is 10.1. The van der Waals surface area contributed by atoms with Gasteiger partial charge in [0.05, 0.1) is 10.2 Å². The van der Waals surface area contributed by atoms with E-state index in [2.05, 4.69) is 31.5 Å². The van der Waals surface area contributed by atoms with Crippen LogP contribution in [0, 0.1) is 0 Å². The van der Waals surface area contributed by atoms with Gasteiger partial charge in [-0.15, -0.1) is 0 Å². The molecule has 0 bridgehead atoms. The van der Waals surface area contributed by atoms with Crippen molar-refractivity contribution in [3.63, 3.8) is 0 Å². The molecule has 1 aromatic rings. The fourth-order valence-corrected chi connectivity index (χ4v) is 2.24. The van der Waals surface area contributed by atoms with Crippen molar-refractivity contribution in [2.45, 2.75) is 25.3 Å². The van der Waals surface area contributed by atoms with Crippen LogP contribution >= 0.6 is 15.9 Å². The summed E-state index contributed by atoms with van der Waals surface area (Å²) in [5, 5.41) is 6.95. The smallest absolute Gasteiger partial charge is 0.0590 e. The lowest BCUT2D eigenvalue weighted by Gasteiger charge is -2.24. The average Bonchev–Trinajstić information content (AvgIpc) is 2.29. The number of rotatable bonds is 3. The Kier molecular flexibility index (Phi) is 3.97. The summed E-state index contributed by atoms with van der Waals surface area (Å²) in [6.45, 7) is 2.15. The van der Waals surface area contributed by atoms with Crippen LogP contribution in [0.1, 0.15) is 19.3 Å². The van der Waals surface area contributed by atoms with Crippen LogP contribution in [0.3, 0.4) is 0 Å². The molecule has 1 aromatic heterocycles. The summed E-state index contributed by atoms with van der Waals surface area (Å²) in [6.07, 6.45) is 7.56. The molecule has 15 heavy (non-hydrogen) atoms. The minimum absolute atomic E-state index is 0.610. The minimum Gasteiger partial charge on any atom is -0.382 e. The first kappa shape index (κ1) is 10.9. The molecule has 1 aliphatic rings. The van der Waals surface area contributed by atoms with Gasteiger partial charge in [-0.3, -0.25) is 4.98 Å². The molecule has 1 unspecified atom stereocenters. The van der Waals surface area contributed by atoms with E-state index in [9.17, 15) is 0 Å². The first-order valence-corrected chi connectivity index (χ1v) is 6.22. The number of nitrogens with zero attached hydrogens (tertiary/aromatic N) is 1. The molecule has 2 N–H and O–H groups in total. The van der Waals surface area contributed by atoms with Gasteiger partial charge >= 0.3 is 0 Å². The molecule has 1 aliphatic heterocycles. The van der Waals surface area contributed by atoms with Crippen molar-refractivity contribution in [2.75, 3.05) is 18.4 Å². The maximum Gasteiger partial charge on any atom is 0.0590 e. The molecule has 4 heteroatoms. The number of piperidine rings is 1. The summed E-state index contributed by atoms with van der Waals surface area (Å²) in [7, 11) is 0. The second kappa shape index (κ2) is 5.47. The van der Waals surface area contributed by atoms with Gasteiger partial charge in [0.25, 0.3) is 0 Å². The highest BCUT2D eigenvalue weighted by Crippen LogP contribution is 2.20. The van der Waals surface area contributed by atoms with E-state index in [1.54, 1.807) is 6.20 Å². The molecule has 0 amide bonds. The van der Waals surface area contributed by atoms with Gasteiger partial charge in [-0.1, -0.05) is 6.42 Å². The van der Waals surface area contributed by atoms with Gasteiger partial charge in [-0.05, 0) is 41.4 Å². The molecular weight excluding hydrogens is 254 g/mol. The van der Waals surface area contributed by atoms with E-state index >= 15 is 0 Å². The van der Waals surface area contributed by atoms with Crippen molar-refractivity contribution in [1.82, 2.24) is 10.3 Å². The van der Waals surface area contributed by atoms with Gasteiger partial charge in [0.15, 0.2) is 0 Å². The predicted molar refractivity (Wildman–Crippen MR) is 66.1 cm³/mol. The topological polar surface area (TPSA) is 37.0 Å². The second-order valence-corrected chi connectivity index (χ2v) is 4.74. The van der Waals surface area contributed by atoms with E-state index < -0.39 is 0 Å². The van der Waals surface area contributed by atoms with Crippen LogP contribution in [-0.4, -0.2) is 24.1 Å². The Morgan fingerprint density at radius 2 is 2.47 bits per heavy atom. The molecule has 2 rings (SSSR count). The average molecular weight is 270 g/mol. The molecule has 1 saturated heterocycles.